The first-order chi connectivity index (χ1) is 8.74. The molecule has 0 aliphatic heterocycles. The van der Waals surface area contributed by atoms with E-state index in [9.17, 15) is 9.90 Å². The maximum Gasteiger partial charge on any atom is 0.153 e. The Hall–Kier alpha value is -1.55. The van der Waals surface area contributed by atoms with Crippen LogP contribution in [0.1, 0.15) is 36.0 Å². The van der Waals surface area contributed by atoms with Gasteiger partial charge in [0.05, 0.1) is 18.8 Å². The molecule has 1 N–H and O–H groups in total. The van der Waals surface area contributed by atoms with Crippen molar-refractivity contribution in [1.82, 2.24) is 0 Å². The molecule has 0 saturated heterocycles. The molecule has 0 aromatic heterocycles. The van der Waals surface area contributed by atoms with Crippen molar-refractivity contribution in [2.45, 2.75) is 37.9 Å². The summed E-state index contributed by atoms with van der Waals surface area (Å²) in [6, 6.07) is 5.10. The lowest BCUT2D eigenvalue weighted by Crippen LogP contribution is -2.34. The van der Waals surface area contributed by atoms with Crippen LogP contribution in [0.15, 0.2) is 18.2 Å². The Morgan fingerprint density at radius 2 is 2.11 bits per heavy atom. The first kappa shape index (κ1) is 12.9. The topological polar surface area (TPSA) is 55.8 Å². The number of ether oxygens (including phenoxy) is 2. The molecule has 1 aromatic rings. The van der Waals surface area contributed by atoms with Gasteiger partial charge in [0.1, 0.15) is 17.6 Å². The molecule has 1 fully saturated rings. The molecule has 1 saturated carbocycles. The molecule has 98 valence electrons. The van der Waals surface area contributed by atoms with Crippen LogP contribution < -0.4 is 9.47 Å². The van der Waals surface area contributed by atoms with Gasteiger partial charge in [-0.3, -0.25) is 4.79 Å². The van der Waals surface area contributed by atoms with Gasteiger partial charge in [-0.15, -0.1) is 0 Å². The van der Waals surface area contributed by atoms with Gasteiger partial charge in [-0.1, -0.05) is 6.42 Å². The van der Waals surface area contributed by atoms with Crippen LogP contribution in [0.2, 0.25) is 0 Å². The lowest BCUT2D eigenvalue weighted by atomic mass is 9.95. The summed E-state index contributed by atoms with van der Waals surface area (Å²) in [5.41, 5.74) is 0.451. The Labute approximate surface area is 107 Å². The Balaban J connectivity index is 2.14. The maximum atomic E-state index is 11.0. The number of hydrogen-bond donors (Lipinski definition) is 1. The highest BCUT2D eigenvalue weighted by atomic mass is 16.5. The molecule has 2 rings (SSSR count). The second kappa shape index (κ2) is 5.87. The summed E-state index contributed by atoms with van der Waals surface area (Å²) in [7, 11) is 1.55. The zero-order valence-electron chi connectivity index (χ0n) is 10.5. The minimum absolute atomic E-state index is 0.217. The van der Waals surface area contributed by atoms with Crippen LogP contribution in [0.25, 0.3) is 0 Å². The molecule has 0 radical (unpaired) electrons. The molecule has 1 aromatic carbocycles. The molecule has 1 aliphatic rings. The fourth-order valence-electron chi connectivity index (χ4n) is 2.23. The highest BCUT2D eigenvalue weighted by Crippen LogP contribution is 2.28. The number of carbonyl (C=O) groups is 1. The van der Waals surface area contributed by atoms with E-state index in [-0.39, 0.29) is 6.10 Å². The third-order valence-electron chi connectivity index (χ3n) is 3.29. The number of rotatable bonds is 4. The average molecular weight is 250 g/mol. The van der Waals surface area contributed by atoms with Crippen molar-refractivity contribution in [3.63, 3.8) is 0 Å². The number of carbonyl (C=O) groups excluding carboxylic acids is 1. The molecule has 4 nitrogen and oxygen atoms in total. The second-order valence-electron chi connectivity index (χ2n) is 4.53. The van der Waals surface area contributed by atoms with E-state index in [0.717, 1.165) is 32.0 Å². The highest BCUT2D eigenvalue weighted by Gasteiger charge is 2.25. The third kappa shape index (κ3) is 2.82. The van der Waals surface area contributed by atoms with E-state index in [0.29, 0.717) is 17.1 Å². The Kier molecular flexibility index (Phi) is 4.20. The quantitative estimate of drug-likeness (QED) is 0.832. The van der Waals surface area contributed by atoms with Crippen molar-refractivity contribution in [2.75, 3.05) is 7.11 Å². The molecule has 0 bridgehead atoms. The van der Waals surface area contributed by atoms with Gasteiger partial charge in [0.15, 0.2) is 6.29 Å². The van der Waals surface area contributed by atoms with Gasteiger partial charge in [0.25, 0.3) is 0 Å². The maximum absolute atomic E-state index is 11.0. The van der Waals surface area contributed by atoms with E-state index in [1.807, 2.05) is 0 Å². The molecule has 18 heavy (non-hydrogen) atoms. The lowest BCUT2D eigenvalue weighted by Gasteiger charge is -2.28. The minimum atomic E-state index is -0.444. The number of aldehydes is 1. The monoisotopic (exact) mass is 250 g/mol. The number of benzene rings is 1. The van der Waals surface area contributed by atoms with Crippen molar-refractivity contribution in [3.05, 3.63) is 23.8 Å². The number of aliphatic hydroxyl groups is 1. The van der Waals surface area contributed by atoms with Gasteiger partial charge < -0.3 is 14.6 Å². The molecular formula is C14H18O4. The van der Waals surface area contributed by atoms with Gasteiger partial charge in [-0.2, -0.15) is 0 Å². The van der Waals surface area contributed by atoms with Crippen LogP contribution in [0.3, 0.4) is 0 Å². The minimum Gasteiger partial charge on any atom is -0.497 e. The summed E-state index contributed by atoms with van der Waals surface area (Å²) in [6.45, 7) is 0. The van der Waals surface area contributed by atoms with E-state index in [2.05, 4.69) is 0 Å². The van der Waals surface area contributed by atoms with Gasteiger partial charge in [0.2, 0.25) is 0 Å². The number of aliphatic hydroxyl groups excluding tert-OH is 1. The summed E-state index contributed by atoms with van der Waals surface area (Å²) in [5.74, 6) is 1.13. The molecule has 1 aliphatic carbocycles. The van der Waals surface area contributed by atoms with Crippen LogP contribution in [-0.2, 0) is 0 Å². The second-order valence-corrected chi connectivity index (χ2v) is 4.53. The van der Waals surface area contributed by atoms with Crippen LogP contribution in [0.4, 0.5) is 0 Å². The lowest BCUT2D eigenvalue weighted by molar-refractivity contribution is 0.00656. The smallest absolute Gasteiger partial charge is 0.153 e. The van der Waals surface area contributed by atoms with E-state index < -0.39 is 6.10 Å². The zero-order chi connectivity index (χ0) is 13.0. The van der Waals surface area contributed by atoms with Gasteiger partial charge in [0, 0.05) is 0 Å². The normalized spacial score (nSPS) is 23.4. The SMILES string of the molecule is COc1ccc(OC2CCCCC2O)c(C=O)c1. The third-order valence-corrected chi connectivity index (χ3v) is 3.29. The molecule has 2 unspecified atom stereocenters. The molecule has 0 heterocycles. The standard InChI is InChI=1S/C14H18O4/c1-17-11-6-7-13(10(8-11)9-15)18-14-5-3-2-4-12(14)16/h6-9,12,14,16H,2-5H2,1H3. The van der Waals surface area contributed by atoms with E-state index >= 15 is 0 Å². The molecule has 4 heteroatoms. The van der Waals surface area contributed by atoms with E-state index in [1.54, 1.807) is 25.3 Å². The van der Waals surface area contributed by atoms with Crippen LogP contribution >= 0.6 is 0 Å². The summed E-state index contributed by atoms with van der Waals surface area (Å²) in [6.07, 6.45) is 3.75. The molecular weight excluding hydrogens is 232 g/mol. The van der Waals surface area contributed by atoms with Crippen molar-refractivity contribution < 1.29 is 19.4 Å². The molecule has 2 atom stereocenters. The zero-order valence-corrected chi connectivity index (χ0v) is 10.5. The summed E-state index contributed by atoms with van der Waals surface area (Å²) in [5, 5.41) is 9.86. The number of hydrogen-bond acceptors (Lipinski definition) is 4. The highest BCUT2D eigenvalue weighted by molar-refractivity contribution is 5.80. The first-order valence-corrected chi connectivity index (χ1v) is 6.22. The van der Waals surface area contributed by atoms with E-state index in [4.69, 9.17) is 9.47 Å². The largest absolute Gasteiger partial charge is 0.497 e. The fourth-order valence-corrected chi connectivity index (χ4v) is 2.23. The van der Waals surface area contributed by atoms with Crippen LogP contribution in [0, 0.1) is 0 Å². The average Bonchev–Trinajstić information content (AvgIpc) is 2.41. The predicted octanol–water partition coefficient (Wildman–Crippen LogP) is 2.19. The summed E-state index contributed by atoms with van der Waals surface area (Å²) >= 11 is 0. The Morgan fingerprint density at radius 1 is 1.33 bits per heavy atom. The Morgan fingerprint density at radius 3 is 2.78 bits per heavy atom. The van der Waals surface area contributed by atoms with Crippen LogP contribution in [0.5, 0.6) is 11.5 Å². The van der Waals surface area contributed by atoms with E-state index in [1.165, 1.54) is 0 Å². The number of methoxy groups -OCH3 is 1. The molecule has 0 spiro atoms. The predicted molar refractivity (Wildman–Crippen MR) is 67.3 cm³/mol. The Bertz CT molecular complexity index is 416. The van der Waals surface area contributed by atoms with Crippen molar-refractivity contribution in [1.29, 1.82) is 0 Å². The fraction of sp³-hybridized carbons (Fsp3) is 0.500. The summed E-state index contributed by atoms with van der Waals surface area (Å²) < 4.78 is 10.8. The van der Waals surface area contributed by atoms with Crippen LogP contribution in [-0.4, -0.2) is 30.7 Å². The molecule has 0 amide bonds. The van der Waals surface area contributed by atoms with Gasteiger partial charge >= 0.3 is 0 Å². The van der Waals surface area contributed by atoms with Crippen molar-refractivity contribution >= 4 is 6.29 Å². The van der Waals surface area contributed by atoms with Gasteiger partial charge in [-0.05, 0) is 37.5 Å². The summed E-state index contributed by atoms with van der Waals surface area (Å²) in [4.78, 5) is 11.0. The van der Waals surface area contributed by atoms with Crippen molar-refractivity contribution in [2.24, 2.45) is 0 Å². The first-order valence-electron chi connectivity index (χ1n) is 6.22. The van der Waals surface area contributed by atoms with Crippen molar-refractivity contribution in [3.8, 4) is 11.5 Å². The van der Waals surface area contributed by atoms with Gasteiger partial charge in [-0.25, -0.2) is 0 Å².